The molecule has 0 aliphatic carbocycles. The van der Waals surface area contributed by atoms with E-state index in [-0.39, 0.29) is 24.0 Å². The Kier molecular flexibility index (Phi) is 5.36. The zero-order valence-electron chi connectivity index (χ0n) is 13.4. The van der Waals surface area contributed by atoms with Crippen LogP contribution in [-0.4, -0.2) is 22.4 Å². The van der Waals surface area contributed by atoms with Crippen LogP contribution in [0.25, 0.3) is 0 Å². The number of anilines is 1. The van der Waals surface area contributed by atoms with E-state index >= 15 is 0 Å². The van der Waals surface area contributed by atoms with Crippen molar-refractivity contribution >= 4 is 11.9 Å². The number of hydrogen-bond donors (Lipinski definition) is 2. The van der Waals surface area contributed by atoms with Gasteiger partial charge in [0.1, 0.15) is 17.3 Å². The van der Waals surface area contributed by atoms with Gasteiger partial charge in [-0.3, -0.25) is 4.79 Å². The maximum absolute atomic E-state index is 13.6. The van der Waals surface area contributed by atoms with Crippen LogP contribution in [-0.2, 0) is 13.0 Å². The predicted molar refractivity (Wildman–Crippen MR) is 90.5 cm³/mol. The van der Waals surface area contributed by atoms with Crippen molar-refractivity contribution in [3.8, 4) is 0 Å². The number of furan rings is 1. The summed E-state index contributed by atoms with van der Waals surface area (Å²) in [5, 5.41) is 5.72. The fraction of sp³-hybridized carbons (Fsp3) is 0.167. The maximum atomic E-state index is 13.6. The minimum Gasteiger partial charge on any atom is -0.467 e. The van der Waals surface area contributed by atoms with E-state index in [0.717, 1.165) is 0 Å². The van der Waals surface area contributed by atoms with Crippen LogP contribution in [0.15, 0.2) is 59.3 Å². The van der Waals surface area contributed by atoms with Gasteiger partial charge in [0.25, 0.3) is 5.91 Å². The molecule has 3 rings (SSSR count). The second-order valence-electron chi connectivity index (χ2n) is 5.30. The maximum Gasteiger partial charge on any atom is 0.270 e. The summed E-state index contributed by atoms with van der Waals surface area (Å²) >= 11 is 0. The molecule has 2 heterocycles. The molecule has 128 valence electrons. The minimum absolute atomic E-state index is 0.240. The molecule has 0 bridgehead atoms. The molecule has 0 fully saturated rings. The molecule has 1 aromatic carbocycles. The Morgan fingerprint density at radius 2 is 2.04 bits per heavy atom. The zero-order valence-corrected chi connectivity index (χ0v) is 13.4. The molecule has 0 aliphatic rings. The van der Waals surface area contributed by atoms with Gasteiger partial charge in [-0.2, -0.15) is 0 Å². The number of halogens is 1. The molecular weight excluding hydrogens is 323 g/mol. The Bertz CT molecular complexity index is 837. The molecule has 6 nitrogen and oxygen atoms in total. The smallest absolute Gasteiger partial charge is 0.270 e. The van der Waals surface area contributed by atoms with Gasteiger partial charge >= 0.3 is 0 Å². The molecule has 0 unspecified atom stereocenters. The van der Waals surface area contributed by atoms with Crippen molar-refractivity contribution in [2.24, 2.45) is 0 Å². The number of carbonyl (C=O) groups is 1. The highest BCUT2D eigenvalue weighted by Gasteiger charge is 2.09. The van der Waals surface area contributed by atoms with Crippen molar-refractivity contribution in [1.82, 2.24) is 15.3 Å². The summed E-state index contributed by atoms with van der Waals surface area (Å²) in [5.41, 5.74) is 0.859. The number of nitrogens with zero attached hydrogens (tertiary/aromatic N) is 2. The minimum atomic E-state index is -0.323. The van der Waals surface area contributed by atoms with Crippen LogP contribution in [0.3, 0.4) is 0 Å². The summed E-state index contributed by atoms with van der Waals surface area (Å²) in [7, 11) is 0. The average Bonchev–Trinajstić information content (AvgIpc) is 3.15. The molecule has 7 heteroatoms. The highest BCUT2D eigenvalue weighted by Crippen LogP contribution is 2.08. The standard InChI is InChI=1S/C18H17FN4O2/c19-15-6-2-1-4-13(15)7-9-20-18-21-10-8-16(23-18)17(24)22-12-14-5-3-11-25-14/h1-6,8,10-11H,7,9,12H2,(H,22,24)(H,20,21,23). The summed E-state index contributed by atoms with van der Waals surface area (Å²) in [4.78, 5) is 20.4. The zero-order chi connectivity index (χ0) is 17.5. The van der Waals surface area contributed by atoms with Gasteiger partial charge in [0, 0.05) is 12.7 Å². The number of rotatable bonds is 7. The fourth-order valence-electron chi connectivity index (χ4n) is 2.25. The first-order valence-corrected chi connectivity index (χ1v) is 7.83. The summed E-state index contributed by atoms with van der Waals surface area (Å²) in [5.74, 6) is 0.417. The van der Waals surface area contributed by atoms with Crippen molar-refractivity contribution in [3.63, 3.8) is 0 Å². The van der Waals surface area contributed by atoms with Crippen molar-refractivity contribution in [2.45, 2.75) is 13.0 Å². The third-order valence-electron chi connectivity index (χ3n) is 3.53. The fourth-order valence-corrected chi connectivity index (χ4v) is 2.25. The lowest BCUT2D eigenvalue weighted by atomic mass is 10.1. The van der Waals surface area contributed by atoms with Gasteiger partial charge in [-0.25, -0.2) is 14.4 Å². The first-order valence-electron chi connectivity index (χ1n) is 7.83. The van der Waals surface area contributed by atoms with Gasteiger partial charge in [-0.1, -0.05) is 18.2 Å². The Hall–Kier alpha value is -3.22. The Labute approximate surface area is 144 Å². The van der Waals surface area contributed by atoms with Crippen LogP contribution in [0.1, 0.15) is 21.8 Å². The van der Waals surface area contributed by atoms with E-state index in [1.807, 2.05) is 0 Å². The second kappa shape index (κ2) is 8.05. The van der Waals surface area contributed by atoms with Crippen molar-refractivity contribution in [3.05, 3.63) is 77.8 Å². The van der Waals surface area contributed by atoms with Gasteiger partial charge in [0.15, 0.2) is 0 Å². The van der Waals surface area contributed by atoms with E-state index in [1.54, 1.807) is 36.6 Å². The van der Waals surface area contributed by atoms with Crippen LogP contribution in [0.4, 0.5) is 10.3 Å². The van der Waals surface area contributed by atoms with E-state index in [1.165, 1.54) is 18.3 Å². The van der Waals surface area contributed by atoms with Crippen LogP contribution in [0, 0.1) is 5.82 Å². The SMILES string of the molecule is O=C(NCc1ccco1)c1ccnc(NCCc2ccccc2F)n1. The molecule has 25 heavy (non-hydrogen) atoms. The molecule has 2 aromatic heterocycles. The number of nitrogens with one attached hydrogen (secondary N) is 2. The number of benzene rings is 1. The van der Waals surface area contributed by atoms with Crippen LogP contribution >= 0.6 is 0 Å². The number of aromatic nitrogens is 2. The third-order valence-corrected chi connectivity index (χ3v) is 3.53. The largest absolute Gasteiger partial charge is 0.467 e. The Morgan fingerprint density at radius 1 is 1.16 bits per heavy atom. The van der Waals surface area contributed by atoms with Crippen molar-refractivity contribution in [2.75, 3.05) is 11.9 Å². The van der Waals surface area contributed by atoms with Gasteiger partial charge in [-0.15, -0.1) is 0 Å². The molecule has 3 aromatic rings. The molecule has 0 saturated carbocycles. The molecular formula is C18H17FN4O2. The molecule has 0 atom stereocenters. The molecule has 0 radical (unpaired) electrons. The van der Waals surface area contributed by atoms with Gasteiger partial charge in [0.2, 0.25) is 5.95 Å². The number of hydrogen-bond acceptors (Lipinski definition) is 5. The monoisotopic (exact) mass is 340 g/mol. The first-order chi connectivity index (χ1) is 12.2. The van der Waals surface area contributed by atoms with E-state index in [0.29, 0.717) is 30.2 Å². The summed E-state index contributed by atoms with van der Waals surface area (Å²) in [6, 6.07) is 11.7. The van der Waals surface area contributed by atoms with Crippen LogP contribution in [0.5, 0.6) is 0 Å². The highest BCUT2D eigenvalue weighted by molar-refractivity contribution is 5.92. The van der Waals surface area contributed by atoms with Gasteiger partial charge < -0.3 is 15.1 Å². The first kappa shape index (κ1) is 16.6. The summed E-state index contributed by atoms with van der Waals surface area (Å²) < 4.78 is 18.7. The highest BCUT2D eigenvalue weighted by atomic mass is 19.1. The average molecular weight is 340 g/mol. The Morgan fingerprint density at radius 3 is 2.84 bits per heavy atom. The van der Waals surface area contributed by atoms with Crippen LogP contribution in [0.2, 0.25) is 0 Å². The van der Waals surface area contributed by atoms with Gasteiger partial charge in [-0.05, 0) is 36.2 Å². The van der Waals surface area contributed by atoms with Crippen molar-refractivity contribution in [1.29, 1.82) is 0 Å². The molecule has 2 N–H and O–H groups in total. The van der Waals surface area contributed by atoms with Gasteiger partial charge in [0.05, 0.1) is 12.8 Å². The number of amides is 1. The van der Waals surface area contributed by atoms with Crippen LogP contribution < -0.4 is 10.6 Å². The third kappa shape index (κ3) is 4.63. The summed E-state index contributed by atoms with van der Waals surface area (Å²) in [6.07, 6.45) is 3.54. The van der Waals surface area contributed by atoms with E-state index in [4.69, 9.17) is 4.42 Å². The topological polar surface area (TPSA) is 80.0 Å². The lowest BCUT2D eigenvalue weighted by molar-refractivity contribution is 0.0943. The molecule has 1 amide bonds. The predicted octanol–water partition coefficient (Wildman–Crippen LogP) is 2.79. The lowest BCUT2D eigenvalue weighted by Gasteiger charge is -2.07. The number of carbonyl (C=O) groups excluding carboxylic acids is 1. The van der Waals surface area contributed by atoms with E-state index in [9.17, 15) is 9.18 Å². The Balaban J connectivity index is 1.54. The second-order valence-corrected chi connectivity index (χ2v) is 5.30. The van der Waals surface area contributed by atoms with E-state index < -0.39 is 0 Å². The summed E-state index contributed by atoms with van der Waals surface area (Å²) in [6.45, 7) is 0.740. The molecule has 0 saturated heterocycles. The molecule has 0 aliphatic heterocycles. The van der Waals surface area contributed by atoms with Crippen molar-refractivity contribution < 1.29 is 13.6 Å². The normalized spacial score (nSPS) is 10.4. The van der Waals surface area contributed by atoms with E-state index in [2.05, 4.69) is 20.6 Å². The quantitative estimate of drug-likeness (QED) is 0.691. The lowest BCUT2D eigenvalue weighted by Crippen LogP contribution is -2.24. The molecule has 0 spiro atoms.